The fourth-order valence-electron chi connectivity index (χ4n) is 0.687. The van der Waals surface area contributed by atoms with Crippen molar-refractivity contribution in [2.45, 2.75) is 13.0 Å². The maximum atomic E-state index is 12.4. The highest BCUT2D eigenvalue weighted by atomic mass is 32.1. The minimum atomic E-state index is -0.269. The molecule has 5 heteroatoms. The summed E-state index contributed by atoms with van der Waals surface area (Å²) in [6.45, 7) is 1.73. The maximum absolute atomic E-state index is 12.4. The fourth-order valence-corrected chi connectivity index (χ4v) is 1.40. The van der Waals surface area contributed by atoms with Gasteiger partial charge in [0, 0.05) is 9.79 Å². The molecule has 1 rings (SSSR count). The van der Waals surface area contributed by atoms with Crippen molar-refractivity contribution in [2.24, 2.45) is 5.11 Å². The van der Waals surface area contributed by atoms with E-state index in [1.54, 1.807) is 13.0 Å². The van der Waals surface area contributed by atoms with E-state index in [9.17, 15) is 4.39 Å². The third-order valence-corrected chi connectivity index (χ3v) is 2.27. The average Bonchev–Trinajstić information content (AvgIpc) is 2.36. The SMILES string of the molecule is CC(N=[N+]=[N-])c1ccc(F)s1. The molecular weight excluding hydrogens is 165 g/mol. The van der Waals surface area contributed by atoms with E-state index in [-0.39, 0.29) is 11.2 Å². The molecule has 0 spiro atoms. The first-order valence-corrected chi connectivity index (χ1v) is 3.85. The van der Waals surface area contributed by atoms with Crippen molar-refractivity contribution in [1.29, 1.82) is 0 Å². The molecule has 0 saturated carbocycles. The van der Waals surface area contributed by atoms with Gasteiger partial charge < -0.3 is 0 Å². The van der Waals surface area contributed by atoms with Gasteiger partial charge in [0.05, 0.1) is 6.04 Å². The summed E-state index contributed by atoms with van der Waals surface area (Å²) in [6, 6.07) is 2.72. The van der Waals surface area contributed by atoms with Gasteiger partial charge in [-0.15, -0.1) is 11.3 Å². The van der Waals surface area contributed by atoms with E-state index >= 15 is 0 Å². The fraction of sp³-hybridized carbons (Fsp3) is 0.333. The van der Waals surface area contributed by atoms with Gasteiger partial charge in [0.25, 0.3) is 0 Å². The smallest absolute Gasteiger partial charge is 0.176 e. The van der Waals surface area contributed by atoms with Crippen LogP contribution >= 0.6 is 11.3 Å². The van der Waals surface area contributed by atoms with Gasteiger partial charge in [-0.1, -0.05) is 12.0 Å². The highest BCUT2D eigenvalue weighted by Crippen LogP contribution is 2.24. The van der Waals surface area contributed by atoms with E-state index in [0.717, 1.165) is 16.2 Å². The van der Waals surface area contributed by atoms with Crippen molar-refractivity contribution in [1.82, 2.24) is 0 Å². The van der Waals surface area contributed by atoms with Crippen LogP contribution < -0.4 is 0 Å². The van der Waals surface area contributed by atoms with Gasteiger partial charge in [-0.2, -0.15) is 4.39 Å². The molecule has 0 aliphatic rings. The zero-order chi connectivity index (χ0) is 8.27. The predicted molar refractivity (Wildman–Crippen MR) is 41.8 cm³/mol. The first-order valence-electron chi connectivity index (χ1n) is 3.03. The number of thiophene rings is 1. The van der Waals surface area contributed by atoms with Crippen LogP contribution in [0.2, 0.25) is 0 Å². The van der Waals surface area contributed by atoms with E-state index in [1.807, 2.05) is 0 Å². The summed E-state index contributed by atoms with van der Waals surface area (Å²) in [5.41, 5.74) is 8.07. The molecule has 58 valence electrons. The van der Waals surface area contributed by atoms with Gasteiger partial charge in [0.1, 0.15) is 0 Å². The molecule has 0 aliphatic heterocycles. The van der Waals surface area contributed by atoms with Crippen LogP contribution in [0.4, 0.5) is 4.39 Å². The molecule has 3 nitrogen and oxygen atoms in total. The van der Waals surface area contributed by atoms with Crippen LogP contribution in [0.5, 0.6) is 0 Å². The molecule has 0 aromatic carbocycles. The minimum absolute atomic E-state index is 0.250. The minimum Gasteiger partial charge on any atom is -0.195 e. The Morgan fingerprint density at radius 3 is 2.91 bits per heavy atom. The zero-order valence-corrected chi connectivity index (χ0v) is 6.68. The number of nitrogens with zero attached hydrogens (tertiary/aromatic N) is 3. The molecule has 1 aromatic heterocycles. The van der Waals surface area contributed by atoms with E-state index in [4.69, 9.17) is 5.53 Å². The molecule has 0 N–H and O–H groups in total. The summed E-state index contributed by atoms with van der Waals surface area (Å²) in [5, 5.41) is 3.18. The number of halogens is 1. The lowest BCUT2D eigenvalue weighted by Gasteiger charge is -1.96. The van der Waals surface area contributed by atoms with Gasteiger partial charge in [-0.05, 0) is 17.7 Å². The number of hydrogen-bond acceptors (Lipinski definition) is 2. The molecule has 0 amide bonds. The standard InChI is InChI=1S/C6H6FN3S/c1-4(9-10-8)5-2-3-6(7)11-5/h2-4H,1H3. The average molecular weight is 171 g/mol. The highest BCUT2D eigenvalue weighted by molar-refractivity contribution is 7.10. The van der Waals surface area contributed by atoms with Crippen molar-refractivity contribution >= 4 is 11.3 Å². The molecule has 1 heterocycles. The van der Waals surface area contributed by atoms with Crippen LogP contribution in [-0.4, -0.2) is 0 Å². The van der Waals surface area contributed by atoms with Gasteiger partial charge in [0.15, 0.2) is 5.13 Å². The molecule has 0 fully saturated rings. The second-order valence-corrected chi connectivity index (χ2v) is 3.09. The van der Waals surface area contributed by atoms with Crippen molar-refractivity contribution in [2.75, 3.05) is 0 Å². The van der Waals surface area contributed by atoms with Crippen molar-refractivity contribution in [3.63, 3.8) is 0 Å². The van der Waals surface area contributed by atoms with Crippen LogP contribution in [-0.2, 0) is 0 Å². The molecule has 1 atom stereocenters. The largest absolute Gasteiger partial charge is 0.195 e. The lowest BCUT2D eigenvalue weighted by Crippen LogP contribution is -1.80. The van der Waals surface area contributed by atoms with E-state index < -0.39 is 0 Å². The number of hydrogen-bond donors (Lipinski definition) is 0. The van der Waals surface area contributed by atoms with Gasteiger partial charge in [-0.3, -0.25) is 0 Å². The van der Waals surface area contributed by atoms with Crippen LogP contribution in [0.15, 0.2) is 17.2 Å². The van der Waals surface area contributed by atoms with E-state index in [0.29, 0.717) is 0 Å². The van der Waals surface area contributed by atoms with E-state index in [2.05, 4.69) is 10.0 Å². The van der Waals surface area contributed by atoms with Gasteiger partial charge in [0.2, 0.25) is 0 Å². The summed E-state index contributed by atoms with van der Waals surface area (Å²) in [7, 11) is 0. The molecule has 11 heavy (non-hydrogen) atoms. The third-order valence-electron chi connectivity index (χ3n) is 1.23. The first-order chi connectivity index (χ1) is 5.24. The Morgan fingerprint density at radius 2 is 2.45 bits per heavy atom. The third kappa shape index (κ3) is 1.93. The monoisotopic (exact) mass is 171 g/mol. The van der Waals surface area contributed by atoms with Gasteiger partial charge in [-0.25, -0.2) is 0 Å². The van der Waals surface area contributed by atoms with Crippen LogP contribution in [0.1, 0.15) is 17.8 Å². The highest BCUT2D eigenvalue weighted by Gasteiger charge is 2.05. The lowest BCUT2D eigenvalue weighted by atomic mass is 10.3. The molecule has 0 saturated heterocycles. The van der Waals surface area contributed by atoms with E-state index in [1.165, 1.54) is 6.07 Å². The molecule has 0 aliphatic carbocycles. The first kappa shape index (κ1) is 8.04. The van der Waals surface area contributed by atoms with Crippen molar-refractivity contribution in [3.05, 3.63) is 32.6 Å². The maximum Gasteiger partial charge on any atom is 0.176 e. The van der Waals surface area contributed by atoms with Crippen molar-refractivity contribution in [3.8, 4) is 0 Å². The Balaban J connectivity index is 2.84. The van der Waals surface area contributed by atoms with Crippen LogP contribution in [0.3, 0.4) is 0 Å². The molecule has 0 bridgehead atoms. The second kappa shape index (κ2) is 3.37. The zero-order valence-electron chi connectivity index (χ0n) is 5.86. The quantitative estimate of drug-likeness (QED) is 0.372. The number of azide groups is 1. The Bertz CT molecular complexity index is 290. The summed E-state index contributed by atoms with van der Waals surface area (Å²) in [5.74, 6) is 0. The summed E-state index contributed by atoms with van der Waals surface area (Å²) in [4.78, 5) is 3.38. The Hall–Kier alpha value is -1.06. The lowest BCUT2D eigenvalue weighted by molar-refractivity contribution is 0.657. The molecule has 1 aromatic rings. The summed E-state index contributed by atoms with van der Waals surface area (Å²) >= 11 is 1.00. The van der Waals surface area contributed by atoms with Gasteiger partial charge >= 0.3 is 0 Å². The predicted octanol–water partition coefficient (Wildman–Crippen LogP) is 3.26. The number of rotatable bonds is 2. The van der Waals surface area contributed by atoms with Crippen molar-refractivity contribution < 1.29 is 4.39 Å². The second-order valence-electron chi connectivity index (χ2n) is 2.02. The van der Waals surface area contributed by atoms with Crippen LogP contribution in [0.25, 0.3) is 10.4 Å². The molecular formula is C6H6FN3S. The molecule has 1 unspecified atom stereocenters. The topological polar surface area (TPSA) is 48.8 Å². The van der Waals surface area contributed by atoms with Crippen LogP contribution in [0, 0.1) is 5.13 Å². The Labute approximate surface area is 67.1 Å². The molecule has 0 radical (unpaired) electrons. The summed E-state index contributed by atoms with van der Waals surface area (Å²) < 4.78 is 12.4. The Kier molecular flexibility index (Phi) is 2.46. The normalized spacial score (nSPS) is 12.2. The Morgan fingerprint density at radius 1 is 1.73 bits per heavy atom. The summed E-state index contributed by atoms with van der Waals surface area (Å²) in [6.07, 6.45) is 0.